The Morgan fingerprint density at radius 2 is 2.00 bits per heavy atom. The van der Waals surface area contributed by atoms with Gasteiger partial charge in [-0.3, -0.25) is 4.79 Å². The van der Waals surface area contributed by atoms with Crippen LogP contribution in [0.3, 0.4) is 0 Å². The number of nitrogens with zero attached hydrogens (tertiary/aromatic N) is 5. The Kier molecular flexibility index (Phi) is 5.40. The maximum atomic E-state index is 11.8. The maximum absolute atomic E-state index is 11.8. The highest BCUT2D eigenvalue weighted by molar-refractivity contribution is 5.75. The SMILES string of the molecule is CN(c1ccc(CNC(=O)Cn2cnnn2)cc1)C1CCCCC1. The summed E-state index contributed by atoms with van der Waals surface area (Å²) in [4.78, 5) is 14.2. The Labute approximate surface area is 142 Å². The van der Waals surface area contributed by atoms with Crippen LogP contribution in [-0.2, 0) is 17.9 Å². The van der Waals surface area contributed by atoms with Gasteiger partial charge in [0.05, 0.1) is 0 Å². The topological polar surface area (TPSA) is 75.9 Å². The highest BCUT2D eigenvalue weighted by atomic mass is 16.2. The lowest BCUT2D eigenvalue weighted by molar-refractivity contribution is -0.122. The third-order valence-corrected chi connectivity index (χ3v) is 4.65. The van der Waals surface area contributed by atoms with Crippen LogP contribution in [0.1, 0.15) is 37.7 Å². The van der Waals surface area contributed by atoms with Gasteiger partial charge in [-0.2, -0.15) is 0 Å². The van der Waals surface area contributed by atoms with Gasteiger partial charge in [-0.05, 0) is 41.0 Å². The molecule has 0 atom stereocenters. The summed E-state index contributed by atoms with van der Waals surface area (Å²) >= 11 is 0. The number of anilines is 1. The van der Waals surface area contributed by atoms with Crippen LogP contribution in [0.15, 0.2) is 30.6 Å². The summed E-state index contributed by atoms with van der Waals surface area (Å²) in [6.45, 7) is 0.643. The third kappa shape index (κ3) is 4.31. The van der Waals surface area contributed by atoms with E-state index in [2.05, 4.69) is 57.1 Å². The van der Waals surface area contributed by atoms with E-state index in [-0.39, 0.29) is 12.5 Å². The van der Waals surface area contributed by atoms with Gasteiger partial charge in [0, 0.05) is 25.3 Å². The fraction of sp³-hybridized carbons (Fsp3) is 0.529. The molecule has 0 spiro atoms. The molecule has 0 aliphatic heterocycles. The molecule has 0 unspecified atom stereocenters. The molecule has 7 heteroatoms. The van der Waals surface area contributed by atoms with Crippen molar-refractivity contribution in [2.24, 2.45) is 0 Å². The number of rotatable bonds is 6. The van der Waals surface area contributed by atoms with Crippen molar-refractivity contribution in [1.29, 1.82) is 0 Å². The molecule has 24 heavy (non-hydrogen) atoms. The highest BCUT2D eigenvalue weighted by Gasteiger charge is 2.18. The van der Waals surface area contributed by atoms with E-state index in [9.17, 15) is 4.79 Å². The van der Waals surface area contributed by atoms with E-state index in [1.807, 2.05) is 0 Å². The van der Waals surface area contributed by atoms with E-state index in [0.29, 0.717) is 12.6 Å². The lowest BCUT2D eigenvalue weighted by Crippen LogP contribution is -2.33. The summed E-state index contributed by atoms with van der Waals surface area (Å²) in [6, 6.07) is 9.08. The van der Waals surface area contributed by atoms with Crippen molar-refractivity contribution in [3.63, 3.8) is 0 Å². The van der Waals surface area contributed by atoms with Crippen LogP contribution in [0.2, 0.25) is 0 Å². The molecule has 1 heterocycles. The van der Waals surface area contributed by atoms with Gasteiger partial charge in [-0.1, -0.05) is 31.4 Å². The van der Waals surface area contributed by atoms with Crippen LogP contribution in [0, 0.1) is 0 Å². The van der Waals surface area contributed by atoms with E-state index < -0.39 is 0 Å². The quantitative estimate of drug-likeness (QED) is 0.874. The van der Waals surface area contributed by atoms with Crippen LogP contribution in [-0.4, -0.2) is 39.2 Å². The van der Waals surface area contributed by atoms with Crippen LogP contribution in [0.25, 0.3) is 0 Å². The van der Waals surface area contributed by atoms with Gasteiger partial charge in [0.25, 0.3) is 0 Å². The number of hydrogen-bond acceptors (Lipinski definition) is 5. The van der Waals surface area contributed by atoms with Crippen molar-refractivity contribution >= 4 is 11.6 Å². The third-order valence-electron chi connectivity index (χ3n) is 4.65. The van der Waals surface area contributed by atoms with Gasteiger partial charge in [-0.25, -0.2) is 4.68 Å². The minimum absolute atomic E-state index is 0.106. The molecule has 1 aromatic heterocycles. The van der Waals surface area contributed by atoms with Crippen molar-refractivity contribution in [3.05, 3.63) is 36.2 Å². The predicted octanol–water partition coefficient (Wildman–Crippen LogP) is 1.76. The first-order valence-electron chi connectivity index (χ1n) is 8.51. The Morgan fingerprint density at radius 3 is 2.67 bits per heavy atom. The largest absolute Gasteiger partial charge is 0.372 e. The second kappa shape index (κ2) is 7.90. The molecule has 0 bridgehead atoms. The van der Waals surface area contributed by atoms with Crippen LogP contribution in [0.4, 0.5) is 5.69 Å². The summed E-state index contributed by atoms with van der Waals surface area (Å²) < 4.78 is 1.40. The molecular weight excluding hydrogens is 304 g/mol. The second-order valence-electron chi connectivity index (χ2n) is 6.35. The number of aromatic nitrogens is 4. The summed E-state index contributed by atoms with van der Waals surface area (Å²) in [5.41, 5.74) is 2.33. The Bertz CT molecular complexity index is 634. The summed E-state index contributed by atoms with van der Waals surface area (Å²) in [6.07, 6.45) is 8.03. The fourth-order valence-electron chi connectivity index (χ4n) is 3.18. The zero-order chi connectivity index (χ0) is 16.8. The average Bonchev–Trinajstić information content (AvgIpc) is 3.13. The summed E-state index contributed by atoms with van der Waals surface area (Å²) in [5, 5.41) is 13.6. The molecule has 1 aliphatic rings. The molecule has 3 rings (SSSR count). The normalized spacial score (nSPS) is 15.2. The zero-order valence-corrected chi connectivity index (χ0v) is 14.1. The standard InChI is InChI=1S/C17H24N6O/c1-22(15-5-3-2-4-6-15)16-9-7-14(8-10-16)11-18-17(24)12-23-13-19-20-21-23/h7-10,13,15H,2-6,11-12H2,1H3,(H,18,24). The number of carbonyl (C=O) groups excluding carboxylic acids is 1. The number of benzene rings is 1. The van der Waals surface area contributed by atoms with Crippen molar-refractivity contribution in [1.82, 2.24) is 25.5 Å². The van der Waals surface area contributed by atoms with E-state index >= 15 is 0 Å². The second-order valence-corrected chi connectivity index (χ2v) is 6.35. The lowest BCUT2D eigenvalue weighted by atomic mass is 9.94. The minimum Gasteiger partial charge on any atom is -0.372 e. The van der Waals surface area contributed by atoms with E-state index in [1.54, 1.807) is 0 Å². The van der Waals surface area contributed by atoms with Crippen LogP contribution < -0.4 is 10.2 Å². The molecule has 1 fully saturated rings. The molecule has 128 valence electrons. The van der Waals surface area contributed by atoms with Crippen molar-refractivity contribution in [2.75, 3.05) is 11.9 Å². The van der Waals surface area contributed by atoms with E-state index in [1.165, 1.54) is 48.8 Å². The molecule has 7 nitrogen and oxygen atoms in total. The van der Waals surface area contributed by atoms with Gasteiger partial charge >= 0.3 is 0 Å². The first-order valence-corrected chi connectivity index (χ1v) is 8.51. The molecule has 2 aromatic rings. The summed E-state index contributed by atoms with van der Waals surface area (Å²) in [7, 11) is 2.18. The fourth-order valence-corrected chi connectivity index (χ4v) is 3.18. The predicted molar refractivity (Wildman–Crippen MR) is 91.4 cm³/mol. The van der Waals surface area contributed by atoms with Crippen LogP contribution in [0.5, 0.6) is 0 Å². The maximum Gasteiger partial charge on any atom is 0.242 e. The van der Waals surface area contributed by atoms with Crippen molar-refractivity contribution < 1.29 is 4.79 Å². The van der Waals surface area contributed by atoms with Gasteiger partial charge in [0.1, 0.15) is 12.9 Å². The van der Waals surface area contributed by atoms with Gasteiger partial charge < -0.3 is 10.2 Å². The molecule has 0 radical (unpaired) electrons. The Hall–Kier alpha value is -2.44. The molecular formula is C17H24N6O. The lowest BCUT2D eigenvalue weighted by Gasteiger charge is -2.33. The van der Waals surface area contributed by atoms with Gasteiger partial charge in [0.15, 0.2) is 0 Å². The van der Waals surface area contributed by atoms with E-state index in [0.717, 1.165) is 5.56 Å². The molecule has 1 aliphatic carbocycles. The van der Waals surface area contributed by atoms with Gasteiger partial charge in [0.2, 0.25) is 5.91 Å². The smallest absolute Gasteiger partial charge is 0.242 e. The zero-order valence-electron chi connectivity index (χ0n) is 14.1. The first-order chi connectivity index (χ1) is 11.7. The number of tetrazole rings is 1. The number of nitrogens with one attached hydrogen (secondary N) is 1. The number of hydrogen-bond donors (Lipinski definition) is 1. The highest BCUT2D eigenvalue weighted by Crippen LogP contribution is 2.26. The Morgan fingerprint density at radius 1 is 1.25 bits per heavy atom. The Balaban J connectivity index is 1.49. The van der Waals surface area contributed by atoms with E-state index in [4.69, 9.17) is 0 Å². The average molecular weight is 328 g/mol. The first kappa shape index (κ1) is 16.4. The molecule has 1 N–H and O–H groups in total. The molecule has 1 amide bonds. The summed E-state index contributed by atoms with van der Waals surface area (Å²) in [5.74, 6) is -0.106. The van der Waals surface area contributed by atoms with Crippen LogP contribution >= 0.6 is 0 Å². The molecule has 0 saturated heterocycles. The van der Waals surface area contributed by atoms with Crippen molar-refractivity contribution in [3.8, 4) is 0 Å². The number of carbonyl (C=O) groups is 1. The van der Waals surface area contributed by atoms with Gasteiger partial charge in [-0.15, -0.1) is 5.10 Å². The molecule has 1 saturated carbocycles. The number of amides is 1. The minimum atomic E-state index is -0.106. The van der Waals surface area contributed by atoms with Crippen molar-refractivity contribution in [2.45, 2.75) is 51.2 Å². The molecule has 1 aromatic carbocycles. The monoisotopic (exact) mass is 328 g/mol.